The number of benzene rings is 2. The number of carbonyl (C=O) groups is 2. The number of sulfone groups is 1. The van der Waals surface area contributed by atoms with E-state index >= 15 is 0 Å². The topological polar surface area (TPSA) is 90.0 Å². The van der Waals surface area contributed by atoms with Crippen LogP contribution in [0.1, 0.15) is 64.9 Å². The Balaban J connectivity index is 1.83. The Morgan fingerprint density at radius 1 is 1.06 bits per heavy atom. The van der Waals surface area contributed by atoms with E-state index in [-0.39, 0.29) is 40.1 Å². The fraction of sp³-hybridized carbons (Fsp3) is 0.500. The van der Waals surface area contributed by atoms with Crippen molar-refractivity contribution in [1.29, 1.82) is 0 Å². The molecule has 2 aromatic carbocycles. The van der Waals surface area contributed by atoms with Gasteiger partial charge in [-0.15, -0.1) is 0 Å². The number of esters is 1. The molecular weight excluding hydrogens is 478 g/mol. The first-order valence-corrected chi connectivity index (χ1v) is 14.1. The normalized spacial score (nSPS) is 18.2. The molecule has 1 atom stereocenters. The molecular formula is C28H35NO6S. The molecule has 0 spiro atoms. The Morgan fingerprint density at radius 3 is 2.39 bits per heavy atom. The summed E-state index contributed by atoms with van der Waals surface area (Å²) in [7, 11) is -3.84. The van der Waals surface area contributed by atoms with E-state index in [0.717, 1.165) is 12.8 Å². The fourth-order valence-corrected chi connectivity index (χ4v) is 6.60. The summed E-state index contributed by atoms with van der Waals surface area (Å²) < 4.78 is 38.0. The third-order valence-corrected chi connectivity index (χ3v) is 8.57. The molecule has 0 bridgehead atoms. The Labute approximate surface area is 213 Å². The molecule has 8 heteroatoms. The van der Waals surface area contributed by atoms with E-state index in [1.807, 2.05) is 20.8 Å². The Bertz CT molecular complexity index is 1240. The van der Waals surface area contributed by atoms with Crippen molar-refractivity contribution in [2.75, 3.05) is 24.7 Å². The van der Waals surface area contributed by atoms with Gasteiger partial charge in [0.25, 0.3) is 0 Å². The number of carbonyl (C=O) groups excluding carboxylic acids is 2. The quantitative estimate of drug-likeness (QED) is 0.481. The molecule has 4 rings (SSSR count). The molecule has 2 aromatic rings. The predicted molar refractivity (Wildman–Crippen MR) is 137 cm³/mol. The second-order valence-electron chi connectivity index (χ2n) is 10.8. The number of ether oxygens (including phenoxy) is 2. The maximum absolute atomic E-state index is 13.6. The number of hydrogen-bond donors (Lipinski definition) is 0. The van der Waals surface area contributed by atoms with E-state index in [4.69, 9.17) is 9.47 Å². The standard InChI is InChI=1S/C28H35NO6S/c1-5-35-27(31)21(16-19-12-14-34-15-13-19)20-10-11-25-23(17-20)29(26(30)18-28(2,3)4)22-8-6-7-9-24(22)36(25,32)33/h6-11,17,19,21H,5,12-16,18H2,1-4H3. The van der Waals surface area contributed by atoms with Crippen molar-refractivity contribution in [3.8, 4) is 0 Å². The van der Waals surface area contributed by atoms with Gasteiger partial charge in [-0.05, 0) is 67.3 Å². The van der Waals surface area contributed by atoms with Gasteiger partial charge in [-0.25, -0.2) is 8.42 Å². The highest BCUT2D eigenvalue weighted by atomic mass is 32.2. The predicted octanol–water partition coefficient (Wildman–Crippen LogP) is 5.40. The average Bonchev–Trinajstić information content (AvgIpc) is 2.82. The van der Waals surface area contributed by atoms with Gasteiger partial charge in [0.2, 0.25) is 15.7 Å². The maximum atomic E-state index is 13.6. The van der Waals surface area contributed by atoms with Crippen LogP contribution in [-0.4, -0.2) is 40.1 Å². The van der Waals surface area contributed by atoms with Gasteiger partial charge >= 0.3 is 5.97 Å². The second kappa shape index (κ2) is 10.3. The fourth-order valence-electron chi connectivity index (χ4n) is 5.00. The number of amides is 1. The molecule has 1 fully saturated rings. The molecule has 0 aromatic heterocycles. The van der Waals surface area contributed by atoms with Crippen molar-refractivity contribution in [2.45, 2.75) is 69.1 Å². The minimum atomic E-state index is -3.84. The van der Waals surface area contributed by atoms with E-state index in [9.17, 15) is 18.0 Å². The summed E-state index contributed by atoms with van der Waals surface area (Å²) in [5, 5.41) is 0. The number of para-hydroxylation sites is 1. The first-order valence-electron chi connectivity index (χ1n) is 12.6. The summed E-state index contributed by atoms with van der Waals surface area (Å²) in [6, 6.07) is 11.5. The Kier molecular flexibility index (Phi) is 7.57. The van der Waals surface area contributed by atoms with Crippen LogP contribution in [0.3, 0.4) is 0 Å². The van der Waals surface area contributed by atoms with Crippen LogP contribution in [0.15, 0.2) is 52.3 Å². The van der Waals surface area contributed by atoms with E-state index in [1.165, 1.54) is 17.0 Å². The smallest absolute Gasteiger partial charge is 0.313 e. The summed E-state index contributed by atoms with van der Waals surface area (Å²) >= 11 is 0. The molecule has 1 unspecified atom stereocenters. The number of nitrogens with zero attached hydrogens (tertiary/aromatic N) is 1. The molecule has 36 heavy (non-hydrogen) atoms. The van der Waals surface area contributed by atoms with Crippen LogP contribution < -0.4 is 4.90 Å². The zero-order valence-electron chi connectivity index (χ0n) is 21.5. The summed E-state index contributed by atoms with van der Waals surface area (Å²) in [5.41, 5.74) is 0.994. The van der Waals surface area contributed by atoms with Crippen LogP contribution in [0, 0.1) is 11.3 Å². The number of fused-ring (bicyclic) bond motifs is 2. The van der Waals surface area contributed by atoms with Gasteiger partial charge in [0.15, 0.2) is 0 Å². The highest BCUT2D eigenvalue weighted by Crippen LogP contribution is 2.46. The van der Waals surface area contributed by atoms with Crippen molar-refractivity contribution < 1.29 is 27.5 Å². The van der Waals surface area contributed by atoms with Crippen LogP contribution in [0.25, 0.3) is 0 Å². The molecule has 0 saturated carbocycles. The van der Waals surface area contributed by atoms with Crippen molar-refractivity contribution in [2.24, 2.45) is 11.3 Å². The maximum Gasteiger partial charge on any atom is 0.313 e. The monoisotopic (exact) mass is 513 g/mol. The van der Waals surface area contributed by atoms with Gasteiger partial charge in [-0.1, -0.05) is 39.0 Å². The number of hydrogen-bond acceptors (Lipinski definition) is 6. The van der Waals surface area contributed by atoms with Crippen molar-refractivity contribution in [3.63, 3.8) is 0 Å². The van der Waals surface area contributed by atoms with Gasteiger partial charge < -0.3 is 9.47 Å². The van der Waals surface area contributed by atoms with Crippen LogP contribution in [-0.2, 0) is 28.9 Å². The summed E-state index contributed by atoms with van der Waals surface area (Å²) in [6.07, 6.45) is 2.53. The first-order chi connectivity index (χ1) is 17.0. The lowest BCUT2D eigenvalue weighted by Crippen LogP contribution is -2.34. The van der Waals surface area contributed by atoms with Gasteiger partial charge in [0.1, 0.15) is 0 Å². The van der Waals surface area contributed by atoms with E-state index in [0.29, 0.717) is 42.5 Å². The summed E-state index contributed by atoms with van der Waals surface area (Å²) in [4.78, 5) is 28.4. The molecule has 0 radical (unpaired) electrons. The minimum absolute atomic E-state index is 0.0703. The molecule has 2 aliphatic rings. The van der Waals surface area contributed by atoms with Crippen molar-refractivity contribution >= 4 is 33.1 Å². The van der Waals surface area contributed by atoms with Crippen LogP contribution >= 0.6 is 0 Å². The minimum Gasteiger partial charge on any atom is -0.466 e. The van der Waals surface area contributed by atoms with Crippen LogP contribution in [0.5, 0.6) is 0 Å². The van der Waals surface area contributed by atoms with Gasteiger partial charge in [0, 0.05) is 19.6 Å². The molecule has 194 valence electrons. The lowest BCUT2D eigenvalue weighted by molar-refractivity contribution is -0.145. The molecule has 0 N–H and O–H groups in total. The Hall–Kier alpha value is -2.71. The third kappa shape index (κ3) is 5.34. The number of rotatable bonds is 6. The Morgan fingerprint density at radius 2 is 1.72 bits per heavy atom. The summed E-state index contributed by atoms with van der Waals surface area (Å²) in [6.45, 7) is 9.26. The zero-order chi connectivity index (χ0) is 26.1. The molecule has 1 saturated heterocycles. The lowest BCUT2D eigenvalue weighted by atomic mass is 9.84. The average molecular weight is 514 g/mol. The SMILES string of the molecule is CCOC(=O)C(CC1CCOCC1)c1ccc2c(c1)N(C(=O)CC(C)(C)C)c1ccccc1S2(=O)=O. The van der Waals surface area contributed by atoms with Gasteiger partial charge in [-0.2, -0.15) is 0 Å². The molecule has 2 aliphatic heterocycles. The van der Waals surface area contributed by atoms with Gasteiger partial charge in [0.05, 0.1) is 33.7 Å². The van der Waals surface area contributed by atoms with E-state index in [2.05, 4.69) is 0 Å². The second-order valence-corrected chi connectivity index (χ2v) is 12.6. The highest BCUT2D eigenvalue weighted by molar-refractivity contribution is 7.92. The van der Waals surface area contributed by atoms with Gasteiger partial charge in [-0.3, -0.25) is 14.5 Å². The van der Waals surface area contributed by atoms with E-state index < -0.39 is 15.8 Å². The van der Waals surface area contributed by atoms with Crippen LogP contribution in [0.4, 0.5) is 11.4 Å². The highest BCUT2D eigenvalue weighted by Gasteiger charge is 2.39. The molecule has 2 heterocycles. The van der Waals surface area contributed by atoms with Crippen molar-refractivity contribution in [1.82, 2.24) is 0 Å². The third-order valence-electron chi connectivity index (χ3n) is 6.72. The molecule has 0 aliphatic carbocycles. The first kappa shape index (κ1) is 26.4. The van der Waals surface area contributed by atoms with E-state index in [1.54, 1.807) is 37.3 Å². The lowest BCUT2D eigenvalue weighted by Gasteiger charge is -2.34. The summed E-state index contributed by atoms with van der Waals surface area (Å²) in [5.74, 6) is -0.791. The zero-order valence-corrected chi connectivity index (χ0v) is 22.3. The largest absolute Gasteiger partial charge is 0.466 e. The van der Waals surface area contributed by atoms with Crippen LogP contribution in [0.2, 0.25) is 0 Å². The molecule has 7 nitrogen and oxygen atoms in total. The van der Waals surface area contributed by atoms with Crippen molar-refractivity contribution in [3.05, 3.63) is 48.0 Å². The molecule has 1 amide bonds. The number of anilines is 2.